The fourth-order valence-corrected chi connectivity index (χ4v) is 8.24. The number of imide groups is 1. The third kappa shape index (κ3) is 8.28. The predicted molar refractivity (Wildman–Crippen MR) is 218 cm³/mol. The van der Waals surface area contributed by atoms with Crippen molar-refractivity contribution in [1.82, 2.24) is 29.7 Å². The van der Waals surface area contributed by atoms with Crippen LogP contribution in [0.4, 0.5) is 17.3 Å². The molecular weight excluding hydrogens is 757 g/mol. The lowest BCUT2D eigenvalue weighted by Gasteiger charge is -2.36. The lowest BCUT2D eigenvalue weighted by Crippen LogP contribution is -2.52. The summed E-state index contributed by atoms with van der Waals surface area (Å²) in [4.78, 5) is 60.4. The Balaban J connectivity index is 0.771. The van der Waals surface area contributed by atoms with Crippen LogP contribution < -0.4 is 15.5 Å². The number of aromatic nitrogens is 3. The standard InChI is InChI=1S/C43H42N8O6S/c1-58(56,57)34-18-12-30(13-19-34)36-8-6-9-38-45-43(47-51(36)38)44-32-14-16-33(17-15-32)48-23-25-49(26-24-48)40(53)10-5-3-2-4-7-29-11-20-35-31(27-29)28-50(42(35)55)37-21-22-39(52)46-41(37)54/h6,8-9,11-20,27,37H,2-3,5,10,21-26,28H2,1H3,(H,44,47)(H,46,52,54). The second-order valence-electron chi connectivity index (χ2n) is 14.7. The number of hydrogen-bond donors (Lipinski definition) is 2. The van der Waals surface area contributed by atoms with E-state index in [0.29, 0.717) is 56.1 Å². The van der Waals surface area contributed by atoms with Crippen LogP contribution in [0.1, 0.15) is 60.0 Å². The zero-order valence-corrected chi connectivity index (χ0v) is 32.8. The summed E-state index contributed by atoms with van der Waals surface area (Å²) in [6.07, 6.45) is 4.43. The van der Waals surface area contributed by atoms with Crippen LogP contribution >= 0.6 is 0 Å². The van der Waals surface area contributed by atoms with Crippen LogP contribution in [-0.2, 0) is 30.8 Å². The Hall–Kier alpha value is -6.53. The first kappa shape index (κ1) is 38.3. The van der Waals surface area contributed by atoms with Gasteiger partial charge in [-0.1, -0.05) is 30.0 Å². The summed E-state index contributed by atoms with van der Waals surface area (Å²) in [5.74, 6) is 6.03. The van der Waals surface area contributed by atoms with Crippen molar-refractivity contribution in [3.05, 3.63) is 102 Å². The Kier molecular flexibility index (Phi) is 10.7. The van der Waals surface area contributed by atoms with Crippen molar-refractivity contribution in [3.8, 4) is 23.1 Å². The summed E-state index contributed by atoms with van der Waals surface area (Å²) in [6.45, 7) is 3.11. The third-order valence-electron chi connectivity index (χ3n) is 10.8. The number of carbonyl (C=O) groups is 4. The van der Waals surface area contributed by atoms with Gasteiger partial charge in [-0.05, 0) is 91.6 Å². The number of fused-ring (bicyclic) bond motifs is 2. The highest BCUT2D eigenvalue weighted by atomic mass is 32.2. The van der Waals surface area contributed by atoms with Crippen molar-refractivity contribution in [3.63, 3.8) is 0 Å². The van der Waals surface area contributed by atoms with E-state index in [2.05, 4.69) is 37.5 Å². The fraction of sp³-hybridized carbons (Fsp3) is 0.302. The van der Waals surface area contributed by atoms with Crippen molar-refractivity contribution in [2.75, 3.05) is 42.7 Å². The summed E-state index contributed by atoms with van der Waals surface area (Å²) in [5.41, 5.74) is 6.35. The molecule has 0 saturated carbocycles. The molecule has 5 heterocycles. The van der Waals surface area contributed by atoms with Crippen molar-refractivity contribution in [2.24, 2.45) is 0 Å². The van der Waals surface area contributed by atoms with Gasteiger partial charge in [-0.25, -0.2) is 12.9 Å². The number of pyridine rings is 1. The molecule has 0 bridgehead atoms. The molecule has 58 heavy (non-hydrogen) atoms. The first-order valence-corrected chi connectivity index (χ1v) is 21.2. The van der Waals surface area contributed by atoms with Gasteiger partial charge < -0.3 is 20.0 Å². The molecule has 2 fully saturated rings. The summed E-state index contributed by atoms with van der Waals surface area (Å²) in [5, 5.41) is 10.3. The van der Waals surface area contributed by atoms with Crippen molar-refractivity contribution < 1.29 is 27.6 Å². The average Bonchev–Trinajstić information content (AvgIpc) is 3.78. The topological polar surface area (TPSA) is 166 Å². The maximum Gasteiger partial charge on any atom is 0.255 e. The van der Waals surface area contributed by atoms with E-state index in [-0.39, 0.29) is 29.0 Å². The molecule has 5 aromatic rings. The molecule has 8 rings (SSSR count). The molecule has 3 aromatic carbocycles. The molecule has 3 aliphatic heterocycles. The second kappa shape index (κ2) is 16.1. The lowest BCUT2D eigenvalue weighted by atomic mass is 10.0. The Bertz CT molecular complexity index is 2590. The van der Waals surface area contributed by atoms with E-state index >= 15 is 0 Å². The van der Waals surface area contributed by atoms with E-state index in [1.807, 2.05) is 59.5 Å². The number of sulfone groups is 1. The Morgan fingerprint density at radius 1 is 0.931 bits per heavy atom. The van der Waals surface area contributed by atoms with Gasteiger partial charge in [-0.15, -0.1) is 5.10 Å². The van der Waals surface area contributed by atoms with E-state index in [1.54, 1.807) is 34.8 Å². The van der Waals surface area contributed by atoms with Crippen molar-refractivity contribution >= 4 is 56.4 Å². The minimum atomic E-state index is -3.29. The van der Waals surface area contributed by atoms with Crippen LogP contribution in [0.25, 0.3) is 16.9 Å². The second-order valence-corrected chi connectivity index (χ2v) is 16.7. The van der Waals surface area contributed by atoms with Crippen molar-refractivity contribution in [2.45, 2.75) is 56.0 Å². The number of nitrogens with zero attached hydrogens (tertiary/aromatic N) is 6. The molecule has 296 valence electrons. The molecular formula is C43H42N8O6S. The Morgan fingerprint density at radius 3 is 2.45 bits per heavy atom. The van der Waals surface area contributed by atoms with Crippen LogP contribution in [0, 0.1) is 11.8 Å². The fourth-order valence-electron chi connectivity index (χ4n) is 7.61. The third-order valence-corrected chi connectivity index (χ3v) is 11.9. The molecule has 2 saturated heterocycles. The Labute approximate surface area is 336 Å². The molecule has 3 aliphatic rings. The summed E-state index contributed by atoms with van der Waals surface area (Å²) in [6, 6.07) is 25.3. The van der Waals surface area contributed by atoms with Crippen LogP contribution in [0.2, 0.25) is 0 Å². The van der Waals surface area contributed by atoms with E-state index in [1.165, 1.54) is 11.2 Å². The molecule has 1 atom stereocenters. The number of hydrogen-bond acceptors (Lipinski definition) is 10. The smallest absolute Gasteiger partial charge is 0.255 e. The van der Waals surface area contributed by atoms with Crippen LogP contribution in [0.3, 0.4) is 0 Å². The van der Waals surface area contributed by atoms with Crippen LogP contribution in [0.5, 0.6) is 0 Å². The maximum absolute atomic E-state index is 13.0. The minimum absolute atomic E-state index is 0.157. The molecule has 0 spiro atoms. The molecule has 14 nitrogen and oxygen atoms in total. The number of piperidine rings is 1. The van der Waals surface area contributed by atoms with E-state index in [0.717, 1.165) is 59.7 Å². The molecule has 15 heteroatoms. The van der Waals surface area contributed by atoms with Gasteiger partial charge in [-0.2, -0.15) is 4.98 Å². The number of carbonyl (C=O) groups excluding carboxylic acids is 4. The van der Waals surface area contributed by atoms with Gasteiger partial charge >= 0.3 is 0 Å². The zero-order valence-electron chi connectivity index (χ0n) is 32.0. The van der Waals surface area contributed by atoms with Crippen LogP contribution in [0.15, 0.2) is 89.8 Å². The number of piperazine rings is 1. The highest BCUT2D eigenvalue weighted by Gasteiger charge is 2.39. The number of anilines is 3. The van der Waals surface area contributed by atoms with E-state index < -0.39 is 21.8 Å². The highest BCUT2D eigenvalue weighted by molar-refractivity contribution is 7.90. The molecule has 0 aliphatic carbocycles. The number of amides is 4. The predicted octanol–water partition coefficient (Wildman–Crippen LogP) is 4.57. The summed E-state index contributed by atoms with van der Waals surface area (Å²) >= 11 is 0. The number of rotatable bonds is 10. The van der Waals surface area contributed by atoms with Gasteiger partial charge in [0.15, 0.2) is 15.5 Å². The quantitative estimate of drug-likeness (QED) is 0.116. The van der Waals surface area contributed by atoms with E-state index in [9.17, 15) is 27.6 Å². The number of unbranched alkanes of at least 4 members (excludes halogenated alkanes) is 2. The number of benzene rings is 3. The number of nitrogens with one attached hydrogen (secondary N) is 2. The van der Waals surface area contributed by atoms with Gasteiger partial charge in [0.2, 0.25) is 23.7 Å². The molecule has 0 radical (unpaired) electrons. The average molecular weight is 799 g/mol. The molecule has 1 unspecified atom stereocenters. The SMILES string of the molecule is CS(=O)(=O)c1ccc(-c2cccc3nc(Nc4ccc(N5CCN(C(=O)CCCCC#Cc6ccc7c(c6)CN(C6CCC(=O)NC6=O)C7=O)CC5)cc4)nn23)cc1. The normalized spacial score (nSPS) is 16.9. The summed E-state index contributed by atoms with van der Waals surface area (Å²) < 4.78 is 25.5. The van der Waals surface area contributed by atoms with Crippen LogP contribution in [-0.4, -0.2) is 94.9 Å². The largest absolute Gasteiger partial charge is 0.368 e. The zero-order chi connectivity index (χ0) is 40.4. The van der Waals surface area contributed by atoms with Gasteiger partial charge in [0.25, 0.3) is 5.91 Å². The molecule has 4 amide bonds. The van der Waals surface area contributed by atoms with Crippen molar-refractivity contribution in [1.29, 1.82) is 0 Å². The highest BCUT2D eigenvalue weighted by Crippen LogP contribution is 2.29. The van der Waals surface area contributed by atoms with Gasteiger partial charge in [0.05, 0.1) is 10.6 Å². The lowest BCUT2D eigenvalue weighted by molar-refractivity contribution is -0.137. The maximum atomic E-state index is 13.0. The molecule has 2 aromatic heterocycles. The summed E-state index contributed by atoms with van der Waals surface area (Å²) in [7, 11) is -3.29. The molecule has 2 N–H and O–H groups in total. The first-order chi connectivity index (χ1) is 28.0. The minimum Gasteiger partial charge on any atom is -0.368 e. The first-order valence-electron chi connectivity index (χ1n) is 19.3. The Morgan fingerprint density at radius 2 is 1.71 bits per heavy atom. The monoisotopic (exact) mass is 798 g/mol. The van der Waals surface area contributed by atoms with Gasteiger partial charge in [-0.3, -0.25) is 24.5 Å². The van der Waals surface area contributed by atoms with Gasteiger partial charge in [0, 0.05) is 86.3 Å². The van der Waals surface area contributed by atoms with E-state index in [4.69, 9.17) is 0 Å². The van der Waals surface area contributed by atoms with Gasteiger partial charge in [0.1, 0.15) is 6.04 Å².